The highest BCUT2D eigenvalue weighted by molar-refractivity contribution is 5.71. The van der Waals surface area contributed by atoms with Gasteiger partial charge in [0, 0.05) is 0 Å². The molecule has 0 aliphatic rings. The average molecular weight is 199 g/mol. The molecule has 0 amide bonds. The zero-order valence-corrected chi connectivity index (χ0v) is 9.00. The second kappa shape index (κ2) is 10.3. The Balaban J connectivity index is 3.15. The van der Waals surface area contributed by atoms with Gasteiger partial charge in [0.15, 0.2) is 0 Å². The van der Waals surface area contributed by atoms with E-state index < -0.39 is 0 Å². The Labute approximate surface area is 86.3 Å². The van der Waals surface area contributed by atoms with Crippen molar-refractivity contribution in [3.8, 4) is 0 Å². The van der Waals surface area contributed by atoms with E-state index >= 15 is 0 Å². The van der Waals surface area contributed by atoms with Crippen LogP contribution in [-0.4, -0.2) is 19.1 Å². The molecule has 0 aromatic carbocycles. The van der Waals surface area contributed by atoms with Crippen LogP contribution in [0.3, 0.4) is 0 Å². The molecule has 0 aliphatic heterocycles. The zero-order valence-electron chi connectivity index (χ0n) is 9.00. The molecular weight excluding hydrogens is 178 g/mol. The molecule has 0 aromatic rings. The molecule has 3 nitrogen and oxygen atoms in total. The summed E-state index contributed by atoms with van der Waals surface area (Å²) < 4.78 is 4.77. The third-order valence-corrected chi connectivity index (χ3v) is 1.90. The molecule has 0 atom stereocenters. The summed E-state index contributed by atoms with van der Waals surface area (Å²) in [7, 11) is 0. The van der Waals surface area contributed by atoms with E-state index in [1.807, 2.05) is 6.08 Å². The second-order valence-corrected chi connectivity index (χ2v) is 3.21. The monoisotopic (exact) mass is 199 g/mol. The van der Waals surface area contributed by atoms with Gasteiger partial charge in [0.05, 0.1) is 6.54 Å². The van der Waals surface area contributed by atoms with Crippen LogP contribution in [-0.2, 0) is 9.53 Å². The van der Waals surface area contributed by atoms with Gasteiger partial charge in [-0.15, -0.1) is 0 Å². The van der Waals surface area contributed by atoms with Gasteiger partial charge in [0.25, 0.3) is 0 Å². The molecule has 0 aliphatic carbocycles. The molecule has 0 unspecified atom stereocenters. The van der Waals surface area contributed by atoms with Crippen LogP contribution >= 0.6 is 0 Å². The summed E-state index contributed by atoms with van der Waals surface area (Å²) >= 11 is 0. The van der Waals surface area contributed by atoms with Crippen LogP contribution in [0.1, 0.15) is 39.0 Å². The first-order chi connectivity index (χ1) is 6.81. The predicted octanol–water partition coefficient (Wildman–Crippen LogP) is 2.01. The molecule has 0 saturated carbocycles. The number of nitrogens with two attached hydrogens (primary N) is 1. The van der Waals surface area contributed by atoms with Gasteiger partial charge >= 0.3 is 5.97 Å². The SMILES string of the molecule is CCCCCC/C=C\COC(=O)CN. The van der Waals surface area contributed by atoms with Crippen LogP contribution in [0.4, 0.5) is 0 Å². The Kier molecular flexibility index (Phi) is 9.64. The highest BCUT2D eigenvalue weighted by atomic mass is 16.5. The van der Waals surface area contributed by atoms with Crippen molar-refractivity contribution >= 4 is 5.97 Å². The first-order valence-corrected chi connectivity index (χ1v) is 5.32. The van der Waals surface area contributed by atoms with E-state index in [0.717, 1.165) is 6.42 Å². The molecular formula is C11H21NO2. The Bertz CT molecular complexity index is 167. The largest absolute Gasteiger partial charge is 0.461 e. The number of hydrogen-bond acceptors (Lipinski definition) is 3. The van der Waals surface area contributed by atoms with E-state index in [1.54, 1.807) is 0 Å². The molecule has 0 fully saturated rings. The standard InChI is InChI=1S/C11H21NO2/c1-2-3-4-5-6-7-8-9-14-11(13)10-12/h7-8H,2-6,9-10,12H2,1H3/b8-7-. The third kappa shape index (κ3) is 9.26. The zero-order chi connectivity index (χ0) is 10.6. The van der Waals surface area contributed by atoms with Gasteiger partial charge in [-0.05, 0) is 12.8 Å². The third-order valence-electron chi connectivity index (χ3n) is 1.90. The van der Waals surface area contributed by atoms with Gasteiger partial charge in [-0.3, -0.25) is 4.79 Å². The van der Waals surface area contributed by atoms with Crippen molar-refractivity contribution < 1.29 is 9.53 Å². The van der Waals surface area contributed by atoms with Crippen LogP contribution in [0.5, 0.6) is 0 Å². The number of carbonyl (C=O) groups is 1. The summed E-state index contributed by atoms with van der Waals surface area (Å²) in [5.74, 6) is -0.347. The molecule has 0 saturated heterocycles. The van der Waals surface area contributed by atoms with Crippen LogP contribution in [0.2, 0.25) is 0 Å². The molecule has 0 bridgehead atoms. The van der Waals surface area contributed by atoms with Gasteiger partial charge in [-0.2, -0.15) is 0 Å². The number of unbranched alkanes of at least 4 members (excludes halogenated alkanes) is 4. The minimum atomic E-state index is -0.347. The maximum absolute atomic E-state index is 10.6. The molecule has 0 heterocycles. The van der Waals surface area contributed by atoms with Crippen LogP contribution in [0.25, 0.3) is 0 Å². The van der Waals surface area contributed by atoms with E-state index in [2.05, 4.69) is 13.0 Å². The van der Waals surface area contributed by atoms with Crippen molar-refractivity contribution in [2.24, 2.45) is 5.73 Å². The van der Waals surface area contributed by atoms with E-state index in [1.165, 1.54) is 25.7 Å². The van der Waals surface area contributed by atoms with Gasteiger partial charge in [0.2, 0.25) is 0 Å². The van der Waals surface area contributed by atoms with Crippen LogP contribution < -0.4 is 5.73 Å². The van der Waals surface area contributed by atoms with Crippen molar-refractivity contribution in [3.05, 3.63) is 12.2 Å². The maximum Gasteiger partial charge on any atom is 0.320 e. The average Bonchev–Trinajstić information content (AvgIpc) is 2.21. The number of rotatable bonds is 8. The fourth-order valence-electron chi connectivity index (χ4n) is 1.07. The molecule has 82 valence electrons. The molecule has 2 N–H and O–H groups in total. The van der Waals surface area contributed by atoms with Gasteiger partial charge < -0.3 is 10.5 Å². The van der Waals surface area contributed by atoms with Gasteiger partial charge in [-0.25, -0.2) is 0 Å². The molecule has 3 heteroatoms. The Morgan fingerprint density at radius 3 is 2.71 bits per heavy atom. The lowest BCUT2D eigenvalue weighted by Gasteiger charge is -1.97. The van der Waals surface area contributed by atoms with Gasteiger partial charge in [0.1, 0.15) is 6.61 Å². The molecule has 14 heavy (non-hydrogen) atoms. The van der Waals surface area contributed by atoms with E-state index in [0.29, 0.717) is 6.61 Å². The van der Waals surface area contributed by atoms with E-state index in [9.17, 15) is 4.79 Å². The first-order valence-electron chi connectivity index (χ1n) is 5.32. The highest BCUT2D eigenvalue weighted by Crippen LogP contribution is 2.02. The van der Waals surface area contributed by atoms with E-state index in [-0.39, 0.29) is 12.5 Å². The van der Waals surface area contributed by atoms with Crippen molar-refractivity contribution in [1.29, 1.82) is 0 Å². The predicted molar refractivity (Wildman–Crippen MR) is 57.9 cm³/mol. The number of ether oxygens (including phenoxy) is 1. The summed E-state index contributed by atoms with van der Waals surface area (Å²) in [6.45, 7) is 2.51. The smallest absolute Gasteiger partial charge is 0.320 e. The van der Waals surface area contributed by atoms with Crippen LogP contribution in [0, 0.1) is 0 Å². The van der Waals surface area contributed by atoms with Crippen LogP contribution in [0.15, 0.2) is 12.2 Å². The summed E-state index contributed by atoms with van der Waals surface area (Å²) in [6.07, 6.45) is 10.1. The number of esters is 1. The number of hydrogen-bond donors (Lipinski definition) is 1. The number of allylic oxidation sites excluding steroid dienone is 1. The lowest BCUT2D eigenvalue weighted by atomic mass is 10.1. The Morgan fingerprint density at radius 1 is 1.29 bits per heavy atom. The first kappa shape index (κ1) is 13.2. The molecule has 0 rings (SSSR count). The lowest BCUT2D eigenvalue weighted by molar-refractivity contribution is -0.140. The quantitative estimate of drug-likeness (QED) is 0.369. The highest BCUT2D eigenvalue weighted by Gasteiger charge is 1.93. The minimum Gasteiger partial charge on any atom is -0.461 e. The molecule has 0 aromatic heterocycles. The minimum absolute atomic E-state index is 0.0374. The van der Waals surface area contributed by atoms with Crippen molar-refractivity contribution in [1.82, 2.24) is 0 Å². The Morgan fingerprint density at radius 2 is 2.07 bits per heavy atom. The van der Waals surface area contributed by atoms with Crippen molar-refractivity contribution in [2.45, 2.75) is 39.0 Å². The Hall–Kier alpha value is -0.830. The fourth-order valence-corrected chi connectivity index (χ4v) is 1.07. The normalized spacial score (nSPS) is 10.7. The second-order valence-electron chi connectivity index (χ2n) is 3.21. The summed E-state index contributed by atoms with van der Waals surface area (Å²) in [4.78, 5) is 10.6. The lowest BCUT2D eigenvalue weighted by Crippen LogP contribution is -2.16. The fraction of sp³-hybridized carbons (Fsp3) is 0.727. The van der Waals surface area contributed by atoms with Crippen molar-refractivity contribution in [2.75, 3.05) is 13.2 Å². The number of carbonyl (C=O) groups excluding carboxylic acids is 1. The molecule has 0 radical (unpaired) electrons. The molecule has 0 spiro atoms. The van der Waals surface area contributed by atoms with E-state index in [4.69, 9.17) is 10.5 Å². The van der Waals surface area contributed by atoms with Crippen molar-refractivity contribution in [3.63, 3.8) is 0 Å². The topological polar surface area (TPSA) is 52.3 Å². The maximum atomic E-state index is 10.6. The summed E-state index contributed by atoms with van der Waals surface area (Å²) in [5.41, 5.74) is 5.07. The van der Waals surface area contributed by atoms with Gasteiger partial charge in [-0.1, -0.05) is 38.3 Å². The summed E-state index contributed by atoms with van der Waals surface area (Å²) in [5, 5.41) is 0. The summed E-state index contributed by atoms with van der Waals surface area (Å²) in [6, 6.07) is 0.